The summed E-state index contributed by atoms with van der Waals surface area (Å²) in [6.07, 6.45) is 3.99. The van der Waals surface area contributed by atoms with E-state index in [0.717, 1.165) is 48.0 Å². The Balaban J connectivity index is 1.28. The van der Waals surface area contributed by atoms with Crippen LogP contribution < -0.4 is 20.9 Å². The summed E-state index contributed by atoms with van der Waals surface area (Å²) in [5.74, 6) is 1.61. The number of rotatable bonds is 6. The van der Waals surface area contributed by atoms with Gasteiger partial charge in [0.2, 0.25) is 5.95 Å². The molecule has 4 rings (SSSR count). The fourth-order valence-electron chi connectivity index (χ4n) is 4.29. The van der Waals surface area contributed by atoms with Crippen molar-refractivity contribution in [3.05, 3.63) is 53.8 Å². The summed E-state index contributed by atoms with van der Waals surface area (Å²) >= 11 is 0. The first kappa shape index (κ1) is 22.8. The van der Waals surface area contributed by atoms with E-state index in [0.29, 0.717) is 30.1 Å². The third-order valence-electron chi connectivity index (χ3n) is 6.19. The summed E-state index contributed by atoms with van der Waals surface area (Å²) in [6, 6.07) is 12.4. The molecule has 0 bridgehead atoms. The van der Waals surface area contributed by atoms with Gasteiger partial charge in [0.15, 0.2) is 0 Å². The van der Waals surface area contributed by atoms with Crippen molar-refractivity contribution >= 4 is 34.4 Å². The van der Waals surface area contributed by atoms with Crippen molar-refractivity contribution in [3.8, 4) is 0 Å². The van der Waals surface area contributed by atoms with Gasteiger partial charge < -0.3 is 20.9 Å². The van der Waals surface area contributed by atoms with Gasteiger partial charge in [0.1, 0.15) is 11.6 Å². The average molecular weight is 451 g/mol. The number of aromatic nitrogens is 2. The third kappa shape index (κ3) is 5.69. The van der Waals surface area contributed by atoms with Crippen LogP contribution in [0.4, 0.5) is 26.6 Å². The summed E-state index contributed by atoms with van der Waals surface area (Å²) in [6.45, 7) is 2.44. The number of halogens is 1. The molecule has 0 saturated heterocycles. The number of aryl methyl sites for hydroxylation is 1. The first-order valence-electron chi connectivity index (χ1n) is 11.4. The molecular formula is C25H31FN6O. The maximum Gasteiger partial charge on any atom is 0.319 e. The number of fused-ring (bicyclic) bond motifs is 1. The summed E-state index contributed by atoms with van der Waals surface area (Å²) < 4.78 is 13.4. The van der Waals surface area contributed by atoms with Crippen LogP contribution in [0.1, 0.15) is 31.2 Å². The predicted molar refractivity (Wildman–Crippen MR) is 131 cm³/mol. The molecule has 33 heavy (non-hydrogen) atoms. The number of nitrogens with zero attached hydrogens (tertiary/aromatic N) is 3. The fraction of sp³-hybridized carbons (Fsp3) is 0.400. The highest BCUT2D eigenvalue weighted by atomic mass is 19.1. The Morgan fingerprint density at radius 2 is 1.85 bits per heavy atom. The maximum absolute atomic E-state index is 13.4. The maximum atomic E-state index is 13.4. The second kappa shape index (κ2) is 10.0. The van der Waals surface area contributed by atoms with Gasteiger partial charge in [0.25, 0.3) is 0 Å². The number of amides is 2. The van der Waals surface area contributed by atoms with E-state index < -0.39 is 0 Å². The molecule has 1 aliphatic rings. The number of para-hydroxylation sites is 1. The number of anilines is 3. The average Bonchev–Trinajstić information content (AvgIpc) is 2.80. The normalized spacial score (nSPS) is 18.1. The molecule has 1 saturated carbocycles. The number of hydrogen-bond donors (Lipinski definition) is 3. The third-order valence-corrected chi connectivity index (χ3v) is 6.19. The van der Waals surface area contributed by atoms with Gasteiger partial charge in [-0.25, -0.2) is 14.2 Å². The van der Waals surface area contributed by atoms with Crippen LogP contribution >= 0.6 is 0 Å². The first-order valence-corrected chi connectivity index (χ1v) is 11.4. The Kier molecular flexibility index (Phi) is 6.91. The number of carbonyl (C=O) groups is 1. The zero-order valence-electron chi connectivity index (χ0n) is 19.4. The lowest BCUT2D eigenvalue weighted by Crippen LogP contribution is -2.36. The SMILES string of the molecule is Cc1ccc(F)cc1NC(=O)NC[C@H]1CC[C@@H](Nc2nc(N(C)C)c3ccccc3n2)CC1. The molecule has 8 heteroatoms. The number of nitrogens with one attached hydrogen (secondary N) is 3. The molecule has 0 spiro atoms. The lowest BCUT2D eigenvalue weighted by atomic mass is 9.86. The number of hydrogen-bond acceptors (Lipinski definition) is 5. The van der Waals surface area contributed by atoms with Crippen LogP contribution in [0.5, 0.6) is 0 Å². The standard InChI is InChI=1S/C25H31FN6O/c1-16-8-11-18(26)14-22(16)30-25(33)27-15-17-9-12-19(13-10-17)28-24-29-21-7-5-4-6-20(21)23(31-24)32(2)3/h4-8,11,14,17,19H,9-10,12-13,15H2,1-3H3,(H2,27,30,33)(H,28,29,31)/t17-,19+. The van der Waals surface area contributed by atoms with Crippen LogP contribution in [0.25, 0.3) is 10.9 Å². The van der Waals surface area contributed by atoms with Crippen molar-refractivity contribution < 1.29 is 9.18 Å². The summed E-state index contributed by atoms with van der Waals surface area (Å²) in [5, 5.41) is 10.2. The topological polar surface area (TPSA) is 82.2 Å². The molecule has 0 radical (unpaired) electrons. The van der Waals surface area contributed by atoms with Crippen LogP contribution in [-0.2, 0) is 0 Å². The highest BCUT2D eigenvalue weighted by Gasteiger charge is 2.23. The number of urea groups is 1. The van der Waals surface area contributed by atoms with Crippen molar-refractivity contribution in [1.82, 2.24) is 15.3 Å². The zero-order valence-corrected chi connectivity index (χ0v) is 19.4. The lowest BCUT2D eigenvalue weighted by Gasteiger charge is -2.29. The molecule has 3 N–H and O–H groups in total. The van der Waals surface area contributed by atoms with E-state index in [-0.39, 0.29) is 11.8 Å². The van der Waals surface area contributed by atoms with Crippen molar-refractivity contribution in [2.45, 2.75) is 38.6 Å². The monoisotopic (exact) mass is 450 g/mol. The number of carbonyl (C=O) groups excluding carboxylic acids is 1. The zero-order chi connectivity index (χ0) is 23.4. The van der Waals surface area contributed by atoms with Crippen molar-refractivity contribution in [3.63, 3.8) is 0 Å². The van der Waals surface area contributed by atoms with E-state index in [2.05, 4.69) is 16.0 Å². The molecule has 0 unspecified atom stereocenters. The van der Waals surface area contributed by atoms with Gasteiger partial charge in [0, 0.05) is 37.8 Å². The molecule has 1 heterocycles. The molecule has 1 aliphatic carbocycles. The highest BCUT2D eigenvalue weighted by molar-refractivity contribution is 5.90. The van der Waals surface area contributed by atoms with Crippen molar-refractivity contribution in [2.24, 2.45) is 5.92 Å². The van der Waals surface area contributed by atoms with E-state index in [1.807, 2.05) is 50.2 Å². The highest BCUT2D eigenvalue weighted by Crippen LogP contribution is 2.28. The van der Waals surface area contributed by atoms with Crippen LogP contribution in [0.3, 0.4) is 0 Å². The summed E-state index contributed by atoms with van der Waals surface area (Å²) in [7, 11) is 3.98. The van der Waals surface area contributed by atoms with Gasteiger partial charge in [-0.2, -0.15) is 4.98 Å². The van der Waals surface area contributed by atoms with Crippen LogP contribution in [0.15, 0.2) is 42.5 Å². The van der Waals surface area contributed by atoms with Gasteiger partial charge in [-0.15, -0.1) is 0 Å². The fourth-order valence-corrected chi connectivity index (χ4v) is 4.29. The largest absolute Gasteiger partial charge is 0.362 e. The molecule has 0 atom stereocenters. The second-order valence-corrected chi connectivity index (χ2v) is 8.94. The van der Waals surface area contributed by atoms with E-state index in [9.17, 15) is 9.18 Å². The minimum atomic E-state index is -0.366. The lowest BCUT2D eigenvalue weighted by molar-refractivity contribution is 0.246. The van der Waals surface area contributed by atoms with Gasteiger partial charge >= 0.3 is 6.03 Å². The number of benzene rings is 2. The van der Waals surface area contributed by atoms with Crippen molar-refractivity contribution in [1.29, 1.82) is 0 Å². The summed E-state index contributed by atoms with van der Waals surface area (Å²) in [5.41, 5.74) is 2.25. The molecule has 3 aromatic rings. The second-order valence-electron chi connectivity index (χ2n) is 8.94. The van der Waals surface area contributed by atoms with Crippen LogP contribution in [-0.4, -0.2) is 42.7 Å². The molecule has 2 amide bonds. The van der Waals surface area contributed by atoms with E-state index in [1.165, 1.54) is 12.1 Å². The van der Waals surface area contributed by atoms with E-state index in [1.54, 1.807) is 6.07 Å². The molecule has 1 fully saturated rings. The van der Waals surface area contributed by atoms with E-state index in [4.69, 9.17) is 9.97 Å². The van der Waals surface area contributed by atoms with Gasteiger partial charge in [-0.1, -0.05) is 18.2 Å². The van der Waals surface area contributed by atoms with Crippen LogP contribution in [0.2, 0.25) is 0 Å². The van der Waals surface area contributed by atoms with Crippen LogP contribution in [0, 0.1) is 18.7 Å². The Morgan fingerprint density at radius 3 is 2.61 bits per heavy atom. The summed E-state index contributed by atoms with van der Waals surface area (Å²) in [4.78, 5) is 23.7. The Hall–Kier alpha value is -3.42. The first-order chi connectivity index (χ1) is 15.9. The molecule has 174 valence electrons. The molecule has 1 aromatic heterocycles. The van der Waals surface area contributed by atoms with Gasteiger partial charge in [-0.3, -0.25) is 0 Å². The van der Waals surface area contributed by atoms with E-state index >= 15 is 0 Å². The van der Waals surface area contributed by atoms with Crippen molar-refractivity contribution in [2.75, 3.05) is 36.2 Å². The molecule has 7 nitrogen and oxygen atoms in total. The Labute approximate surface area is 193 Å². The minimum Gasteiger partial charge on any atom is -0.362 e. The minimum absolute atomic E-state index is 0.301. The Bertz CT molecular complexity index is 1130. The predicted octanol–water partition coefficient (Wildman–Crippen LogP) is 4.94. The Morgan fingerprint density at radius 1 is 1.09 bits per heavy atom. The van der Waals surface area contributed by atoms with Gasteiger partial charge in [-0.05, 0) is 68.4 Å². The molecular weight excluding hydrogens is 419 g/mol. The van der Waals surface area contributed by atoms with Gasteiger partial charge in [0.05, 0.1) is 5.52 Å². The molecule has 0 aliphatic heterocycles. The smallest absolute Gasteiger partial charge is 0.319 e. The quantitative estimate of drug-likeness (QED) is 0.496. The molecule has 2 aromatic carbocycles.